The molecule has 1 heterocycles. The first-order valence-electron chi connectivity index (χ1n) is 6.74. The van der Waals surface area contributed by atoms with E-state index in [4.69, 9.17) is 11.6 Å². The largest absolute Gasteiger partial charge is 0.369 e. The predicted molar refractivity (Wildman–Crippen MR) is 82.6 cm³/mol. The fraction of sp³-hybridized carbons (Fsp3) is 0.357. The van der Waals surface area contributed by atoms with E-state index >= 15 is 0 Å². The maximum atomic E-state index is 5.93. The van der Waals surface area contributed by atoms with Crippen LogP contribution in [0.4, 0.5) is 17.5 Å². The number of nitrogens with zero attached hydrogens (tertiary/aromatic N) is 3. The smallest absolute Gasteiger partial charge is 0.249 e. The van der Waals surface area contributed by atoms with E-state index in [0.29, 0.717) is 11.0 Å². The summed E-state index contributed by atoms with van der Waals surface area (Å²) in [5.74, 6) is 1.17. The number of hydrogen-bond acceptors (Lipinski definition) is 5. The third kappa shape index (κ3) is 4.66. The summed E-state index contributed by atoms with van der Waals surface area (Å²) in [5.41, 5.74) is 0.836. The van der Waals surface area contributed by atoms with Gasteiger partial charge in [-0.2, -0.15) is 10.1 Å². The molecular weight excluding hydrogens is 274 g/mol. The molecular formula is C14H18ClN5. The molecule has 0 spiro atoms. The number of halogens is 1. The van der Waals surface area contributed by atoms with Crippen LogP contribution in [0.15, 0.2) is 30.5 Å². The van der Waals surface area contributed by atoms with E-state index < -0.39 is 0 Å². The molecule has 0 aliphatic heterocycles. The first-order valence-corrected chi connectivity index (χ1v) is 7.12. The van der Waals surface area contributed by atoms with Gasteiger partial charge in [-0.05, 0) is 24.6 Å². The first-order chi connectivity index (χ1) is 9.78. The molecule has 0 amide bonds. The van der Waals surface area contributed by atoms with Gasteiger partial charge in [0.2, 0.25) is 5.95 Å². The Morgan fingerprint density at radius 1 is 1.25 bits per heavy atom. The SMILES string of the molecule is CCCCCNc1cnnc(Nc2cccc(Cl)c2)n1. The van der Waals surface area contributed by atoms with Crippen molar-refractivity contribution in [3.05, 3.63) is 35.5 Å². The van der Waals surface area contributed by atoms with Crippen molar-refractivity contribution < 1.29 is 0 Å². The number of hydrogen-bond donors (Lipinski definition) is 2. The Balaban J connectivity index is 1.95. The molecule has 0 bridgehead atoms. The zero-order valence-electron chi connectivity index (χ0n) is 11.4. The van der Waals surface area contributed by atoms with Crippen molar-refractivity contribution in [2.24, 2.45) is 0 Å². The lowest BCUT2D eigenvalue weighted by Crippen LogP contribution is -2.06. The van der Waals surface area contributed by atoms with E-state index in [9.17, 15) is 0 Å². The molecule has 106 valence electrons. The molecule has 0 radical (unpaired) electrons. The monoisotopic (exact) mass is 291 g/mol. The first kappa shape index (κ1) is 14.5. The highest BCUT2D eigenvalue weighted by Crippen LogP contribution is 2.18. The van der Waals surface area contributed by atoms with Crippen molar-refractivity contribution in [1.82, 2.24) is 15.2 Å². The molecule has 2 aromatic rings. The Kier molecular flexibility index (Phi) is 5.55. The molecule has 0 fully saturated rings. The summed E-state index contributed by atoms with van der Waals surface area (Å²) in [7, 11) is 0. The minimum atomic E-state index is 0.452. The van der Waals surface area contributed by atoms with Crippen molar-refractivity contribution >= 4 is 29.1 Å². The summed E-state index contributed by atoms with van der Waals surface area (Å²) in [6.45, 7) is 3.07. The van der Waals surface area contributed by atoms with E-state index in [1.165, 1.54) is 12.8 Å². The molecule has 0 aliphatic carbocycles. The van der Waals surface area contributed by atoms with E-state index in [1.807, 2.05) is 24.3 Å². The van der Waals surface area contributed by atoms with Gasteiger partial charge in [0.05, 0.1) is 6.20 Å². The molecule has 6 heteroatoms. The van der Waals surface area contributed by atoms with Crippen molar-refractivity contribution in [2.45, 2.75) is 26.2 Å². The molecule has 2 N–H and O–H groups in total. The fourth-order valence-corrected chi connectivity index (χ4v) is 1.92. The van der Waals surface area contributed by atoms with Gasteiger partial charge in [-0.25, -0.2) is 0 Å². The van der Waals surface area contributed by atoms with Gasteiger partial charge in [-0.1, -0.05) is 37.4 Å². The van der Waals surface area contributed by atoms with Gasteiger partial charge < -0.3 is 10.6 Å². The third-order valence-electron chi connectivity index (χ3n) is 2.73. The summed E-state index contributed by atoms with van der Waals surface area (Å²) in [6, 6.07) is 7.39. The van der Waals surface area contributed by atoms with Crippen LogP contribution in [0.3, 0.4) is 0 Å². The quantitative estimate of drug-likeness (QED) is 0.758. The second kappa shape index (κ2) is 7.65. The van der Waals surface area contributed by atoms with Crippen molar-refractivity contribution in [2.75, 3.05) is 17.2 Å². The van der Waals surface area contributed by atoms with Gasteiger partial charge in [0.1, 0.15) is 0 Å². The van der Waals surface area contributed by atoms with Crippen LogP contribution in [0.2, 0.25) is 5.02 Å². The Hall–Kier alpha value is -1.88. The number of aromatic nitrogens is 3. The summed E-state index contributed by atoms with van der Waals surface area (Å²) in [6.07, 6.45) is 5.15. The van der Waals surface area contributed by atoms with Gasteiger partial charge in [-0.15, -0.1) is 5.10 Å². The number of unbranched alkanes of at least 4 members (excludes halogenated alkanes) is 2. The van der Waals surface area contributed by atoms with E-state index in [1.54, 1.807) is 6.20 Å². The minimum Gasteiger partial charge on any atom is -0.369 e. The second-order valence-electron chi connectivity index (χ2n) is 4.43. The zero-order chi connectivity index (χ0) is 14.2. The number of benzene rings is 1. The van der Waals surface area contributed by atoms with Gasteiger partial charge in [0.15, 0.2) is 5.82 Å². The molecule has 0 aliphatic rings. The number of anilines is 3. The molecule has 5 nitrogen and oxygen atoms in total. The standard InChI is InChI=1S/C14H18ClN5/c1-2-3-4-8-16-13-10-17-20-14(19-13)18-12-7-5-6-11(15)9-12/h5-7,9-10H,2-4,8H2,1H3,(H2,16,18,19,20). The Labute approximate surface area is 123 Å². The van der Waals surface area contributed by atoms with Gasteiger partial charge in [-0.3, -0.25) is 0 Å². The van der Waals surface area contributed by atoms with Gasteiger partial charge >= 0.3 is 0 Å². The highest BCUT2D eigenvalue weighted by molar-refractivity contribution is 6.30. The summed E-state index contributed by atoms with van der Waals surface area (Å²) < 4.78 is 0. The lowest BCUT2D eigenvalue weighted by Gasteiger charge is -2.07. The van der Waals surface area contributed by atoms with Crippen LogP contribution in [0.5, 0.6) is 0 Å². The van der Waals surface area contributed by atoms with Crippen molar-refractivity contribution in [3.8, 4) is 0 Å². The summed E-state index contributed by atoms with van der Waals surface area (Å²) >= 11 is 5.93. The summed E-state index contributed by atoms with van der Waals surface area (Å²) in [5, 5.41) is 14.9. The van der Waals surface area contributed by atoms with Crippen LogP contribution < -0.4 is 10.6 Å². The van der Waals surface area contributed by atoms with Crippen LogP contribution in [0, 0.1) is 0 Å². The molecule has 0 saturated heterocycles. The van der Waals surface area contributed by atoms with Gasteiger partial charge in [0, 0.05) is 17.3 Å². The maximum Gasteiger partial charge on any atom is 0.249 e. The molecule has 1 aromatic carbocycles. The second-order valence-corrected chi connectivity index (χ2v) is 4.87. The molecule has 0 atom stereocenters. The molecule has 0 saturated carbocycles. The van der Waals surface area contributed by atoms with Crippen molar-refractivity contribution in [1.29, 1.82) is 0 Å². The summed E-state index contributed by atoms with van der Waals surface area (Å²) in [4.78, 5) is 4.36. The average molecular weight is 292 g/mol. The number of rotatable bonds is 7. The Morgan fingerprint density at radius 2 is 2.15 bits per heavy atom. The van der Waals surface area contributed by atoms with E-state index in [-0.39, 0.29) is 0 Å². The lowest BCUT2D eigenvalue weighted by atomic mass is 10.2. The fourth-order valence-electron chi connectivity index (χ4n) is 1.73. The van der Waals surface area contributed by atoms with Gasteiger partial charge in [0.25, 0.3) is 0 Å². The normalized spacial score (nSPS) is 10.3. The zero-order valence-corrected chi connectivity index (χ0v) is 12.2. The molecule has 2 rings (SSSR count). The predicted octanol–water partition coefficient (Wildman–Crippen LogP) is 3.87. The van der Waals surface area contributed by atoms with Crippen LogP contribution in [0.1, 0.15) is 26.2 Å². The average Bonchev–Trinajstić information content (AvgIpc) is 2.44. The highest BCUT2D eigenvalue weighted by Gasteiger charge is 2.01. The Morgan fingerprint density at radius 3 is 2.95 bits per heavy atom. The number of nitrogens with one attached hydrogen (secondary N) is 2. The molecule has 20 heavy (non-hydrogen) atoms. The van der Waals surface area contributed by atoms with Crippen molar-refractivity contribution in [3.63, 3.8) is 0 Å². The van der Waals surface area contributed by atoms with Crippen LogP contribution in [0.25, 0.3) is 0 Å². The highest BCUT2D eigenvalue weighted by atomic mass is 35.5. The third-order valence-corrected chi connectivity index (χ3v) is 2.96. The lowest BCUT2D eigenvalue weighted by molar-refractivity contribution is 0.741. The maximum absolute atomic E-state index is 5.93. The van der Waals surface area contributed by atoms with Crippen LogP contribution in [-0.2, 0) is 0 Å². The molecule has 1 aromatic heterocycles. The topological polar surface area (TPSA) is 62.7 Å². The van der Waals surface area contributed by atoms with E-state index in [0.717, 1.165) is 24.5 Å². The van der Waals surface area contributed by atoms with Crippen LogP contribution in [-0.4, -0.2) is 21.7 Å². The Bertz CT molecular complexity index is 547. The molecule has 0 unspecified atom stereocenters. The van der Waals surface area contributed by atoms with Crippen LogP contribution >= 0.6 is 11.6 Å². The van der Waals surface area contributed by atoms with E-state index in [2.05, 4.69) is 32.7 Å². The minimum absolute atomic E-state index is 0.452.